The van der Waals surface area contributed by atoms with Gasteiger partial charge in [0.05, 0.1) is 19.4 Å². The second kappa shape index (κ2) is 7.90. The quantitative estimate of drug-likeness (QED) is 0.532. The minimum Gasteiger partial charge on any atom is -0.467 e. The molecule has 0 saturated heterocycles. The van der Waals surface area contributed by atoms with Crippen molar-refractivity contribution >= 4 is 16.9 Å². The molecule has 3 rings (SSSR count). The van der Waals surface area contributed by atoms with Gasteiger partial charge in [0.2, 0.25) is 0 Å². The first-order valence-electron chi connectivity index (χ1n) is 8.35. The molecule has 0 aliphatic heterocycles. The molecule has 1 unspecified atom stereocenters. The molecule has 3 aromatic rings. The Bertz CT molecular complexity index is 790. The maximum atomic E-state index is 10.1. The zero-order valence-electron chi connectivity index (χ0n) is 14.5. The van der Waals surface area contributed by atoms with E-state index in [1.807, 2.05) is 49.2 Å². The molecule has 2 heterocycles. The topological polar surface area (TPSA) is 74.1 Å². The van der Waals surface area contributed by atoms with Crippen LogP contribution in [0.3, 0.4) is 0 Å². The first-order valence-corrected chi connectivity index (χ1v) is 8.35. The summed E-state index contributed by atoms with van der Waals surface area (Å²) < 4.78 is 11.1. The zero-order chi connectivity index (χ0) is 17.6. The van der Waals surface area contributed by atoms with Crippen LogP contribution in [-0.4, -0.2) is 36.1 Å². The summed E-state index contributed by atoms with van der Waals surface area (Å²) in [6, 6.07) is 13.5. The number of aliphatic hydroxyl groups is 1. The van der Waals surface area contributed by atoms with Crippen molar-refractivity contribution in [2.24, 2.45) is 4.99 Å². The van der Waals surface area contributed by atoms with Crippen molar-refractivity contribution in [3.8, 4) is 0 Å². The van der Waals surface area contributed by atoms with Crippen molar-refractivity contribution in [2.45, 2.75) is 19.6 Å². The highest BCUT2D eigenvalue weighted by molar-refractivity contribution is 5.80. The molecule has 6 nitrogen and oxygen atoms in total. The van der Waals surface area contributed by atoms with E-state index in [-0.39, 0.29) is 6.54 Å². The van der Waals surface area contributed by atoms with Crippen molar-refractivity contribution < 1.29 is 13.9 Å². The summed E-state index contributed by atoms with van der Waals surface area (Å²) in [5, 5.41) is 14.4. The van der Waals surface area contributed by atoms with Crippen LogP contribution in [0.2, 0.25) is 0 Å². The molecule has 0 aliphatic rings. The van der Waals surface area contributed by atoms with Crippen LogP contribution in [0.25, 0.3) is 11.0 Å². The molecule has 2 aromatic heterocycles. The normalized spacial score (nSPS) is 13.2. The van der Waals surface area contributed by atoms with Gasteiger partial charge in [-0.05, 0) is 31.2 Å². The minimum atomic E-state index is -0.761. The number of benzene rings is 1. The maximum absolute atomic E-state index is 10.1. The number of aliphatic imine (C=N–C) groups is 1. The fourth-order valence-electron chi connectivity index (χ4n) is 2.64. The fraction of sp³-hybridized carbons (Fsp3) is 0.316. The van der Waals surface area contributed by atoms with Crippen LogP contribution in [0.1, 0.15) is 24.5 Å². The van der Waals surface area contributed by atoms with Crippen LogP contribution >= 0.6 is 0 Å². The molecule has 25 heavy (non-hydrogen) atoms. The lowest BCUT2D eigenvalue weighted by Crippen LogP contribution is -2.38. The summed E-state index contributed by atoms with van der Waals surface area (Å²) in [5.41, 5.74) is 0.876. The Hall–Kier alpha value is -2.73. The Balaban J connectivity index is 1.69. The van der Waals surface area contributed by atoms with E-state index in [0.717, 1.165) is 23.3 Å². The SMILES string of the molecule is CCNC(=NCC(O)c1ccco1)N(C)Cc1cc2ccccc2o1. The number of para-hydroxylation sites is 1. The van der Waals surface area contributed by atoms with E-state index in [2.05, 4.69) is 10.3 Å². The molecular formula is C19H23N3O3. The second-order valence-corrected chi connectivity index (χ2v) is 5.83. The van der Waals surface area contributed by atoms with Gasteiger partial charge in [-0.2, -0.15) is 0 Å². The lowest BCUT2D eigenvalue weighted by atomic mass is 10.2. The third-order valence-electron chi connectivity index (χ3n) is 3.85. The highest BCUT2D eigenvalue weighted by atomic mass is 16.4. The molecule has 0 aliphatic carbocycles. The van der Waals surface area contributed by atoms with E-state index >= 15 is 0 Å². The fourth-order valence-corrected chi connectivity index (χ4v) is 2.64. The van der Waals surface area contributed by atoms with Gasteiger partial charge in [0, 0.05) is 19.0 Å². The standard InChI is InChI=1S/C19H23N3O3/c1-3-20-19(21-12-16(23)18-9-6-10-24-18)22(2)13-15-11-14-7-4-5-8-17(14)25-15/h4-11,16,23H,3,12-13H2,1-2H3,(H,20,21). The Kier molecular flexibility index (Phi) is 5.40. The van der Waals surface area contributed by atoms with Gasteiger partial charge < -0.3 is 24.2 Å². The van der Waals surface area contributed by atoms with Gasteiger partial charge in [-0.1, -0.05) is 18.2 Å². The van der Waals surface area contributed by atoms with Gasteiger partial charge in [-0.15, -0.1) is 0 Å². The summed E-state index contributed by atoms with van der Waals surface area (Å²) >= 11 is 0. The maximum Gasteiger partial charge on any atom is 0.194 e. The monoisotopic (exact) mass is 341 g/mol. The number of hydrogen-bond donors (Lipinski definition) is 2. The van der Waals surface area contributed by atoms with Crippen molar-refractivity contribution in [1.29, 1.82) is 0 Å². The van der Waals surface area contributed by atoms with Gasteiger partial charge in [0.15, 0.2) is 5.96 Å². The number of rotatable bonds is 6. The van der Waals surface area contributed by atoms with E-state index in [1.165, 1.54) is 0 Å². The predicted molar refractivity (Wildman–Crippen MR) is 97.3 cm³/mol. The van der Waals surface area contributed by atoms with Gasteiger partial charge >= 0.3 is 0 Å². The van der Waals surface area contributed by atoms with Crippen LogP contribution in [0.5, 0.6) is 0 Å². The van der Waals surface area contributed by atoms with Gasteiger partial charge in [-0.25, -0.2) is 4.99 Å². The number of hydrogen-bond acceptors (Lipinski definition) is 4. The smallest absolute Gasteiger partial charge is 0.194 e. The number of nitrogens with zero attached hydrogens (tertiary/aromatic N) is 2. The molecule has 0 saturated carbocycles. The Morgan fingerprint density at radius 2 is 2.12 bits per heavy atom. The second-order valence-electron chi connectivity index (χ2n) is 5.83. The summed E-state index contributed by atoms with van der Waals surface area (Å²) in [6.45, 7) is 3.55. The molecule has 6 heteroatoms. The predicted octanol–water partition coefficient (Wildman–Crippen LogP) is 3.16. The Morgan fingerprint density at radius 1 is 1.28 bits per heavy atom. The zero-order valence-corrected chi connectivity index (χ0v) is 14.5. The van der Waals surface area contributed by atoms with Crippen molar-refractivity contribution in [1.82, 2.24) is 10.2 Å². The highest BCUT2D eigenvalue weighted by Crippen LogP contribution is 2.20. The molecule has 0 amide bonds. The molecule has 0 bridgehead atoms. The van der Waals surface area contributed by atoms with E-state index in [4.69, 9.17) is 8.83 Å². The molecule has 0 radical (unpaired) electrons. The van der Waals surface area contributed by atoms with E-state index in [0.29, 0.717) is 18.3 Å². The van der Waals surface area contributed by atoms with E-state index in [9.17, 15) is 5.11 Å². The number of aliphatic hydroxyl groups excluding tert-OH is 1. The summed E-state index contributed by atoms with van der Waals surface area (Å²) in [6.07, 6.45) is 0.782. The van der Waals surface area contributed by atoms with Crippen LogP contribution < -0.4 is 5.32 Å². The van der Waals surface area contributed by atoms with Gasteiger partial charge in [0.25, 0.3) is 0 Å². The molecule has 132 valence electrons. The third kappa shape index (κ3) is 4.22. The lowest BCUT2D eigenvalue weighted by molar-refractivity contribution is 0.158. The molecular weight excluding hydrogens is 318 g/mol. The molecule has 2 N–H and O–H groups in total. The first kappa shape index (κ1) is 17.1. The van der Waals surface area contributed by atoms with Gasteiger partial charge in [-0.3, -0.25) is 0 Å². The van der Waals surface area contributed by atoms with E-state index < -0.39 is 6.10 Å². The Labute approximate surface area is 146 Å². The summed E-state index contributed by atoms with van der Waals surface area (Å²) in [4.78, 5) is 6.47. The van der Waals surface area contributed by atoms with Crippen LogP contribution in [0.4, 0.5) is 0 Å². The molecule has 1 aromatic carbocycles. The van der Waals surface area contributed by atoms with Crippen molar-refractivity contribution in [2.75, 3.05) is 20.1 Å². The third-order valence-corrected chi connectivity index (χ3v) is 3.85. The van der Waals surface area contributed by atoms with Crippen LogP contribution in [-0.2, 0) is 6.54 Å². The van der Waals surface area contributed by atoms with Crippen molar-refractivity contribution in [3.05, 3.63) is 60.2 Å². The number of nitrogens with one attached hydrogen (secondary N) is 1. The Morgan fingerprint density at radius 3 is 2.84 bits per heavy atom. The average Bonchev–Trinajstić information content (AvgIpc) is 3.27. The number of fused-ring (bicyclic) bond motifs is 1. The van der Waals surface area contributed by atoms with Gasteiger partial charge in [0.1, 0.15) is 23.2 Å². The average molecular weight is 341 g/mol. The summed E-state index contributed by atoms with van der Waals surface area (Å²) in [5.74, 6) is 2.08. The van der Waals surface area contributed by atoms with Crippen LogP contribution in [0.15, 0.2) is 62.6 Å². The lowest BCUT2D eigenvalue weighted by Gasteiger charge is -2.21. The van der Waals surface area contributed by atoms with E-state index in [1.54, 1.807) is 18.4 Å². The first-order chi connectivity index (χ1) is 12.2. The molecule has 0 fully saturated rings. The number of guanidine groups is 1. The summed E-state index contributed by atoms with van der Waals surface area (Å²) in [7, 11) is 1.94. The molecule has 0 spiro atoms. The largest absolute Gasteiger partial charge is 0.467 e. The van der Waals surface area contributed by atoms with Crippen LogP contribution in [0, 0.1) is 0 Å². The van der Waals surface area contributed by atoms with Crippen molar-refractivity contribution in [3.63, 3.8) is 0 Å². The minimum absolute atomic E-state index is 0.223. The highest BCUT2D eigenvalue weighted by Gasteiger charge is 2.13. The number of furan rings is 2. The molecule has 1 atom stereocenters.